The lowest BCUT2D eigenvalue weighted by atomic mass is 10.2. The molecule has 0 aliphatic carbocycles. The predicted octanol–water partition coefficient (Wildman–Crippen LogP) is 2.06. The van der Waals surface area contributed by atoms with Crippen LogP contribution in [0.3, 0.4) is 0 Å². The van der Waals surface area contributed by atoms with Gasteiger partial charge in [0.25, 0.3) is 0 Å². The van der Waals surface area contributed by atoms with Gasteiger partial charge in [0, 0.05) is 6.04 Å². The summed E-state index contributed by atoms with van der Waals surface area (Å²) in [6, 6.07) is 0.274. The molecule has 0 aliphatic heterocycles. The van der Waals surface area contributed by atoms with Crippen molar-refractivity contribution in [3.8, 4) is 0 Å². The fourth-order valence-corrected chi connectivity index (χ4v) is 1.53. The molecular formula is C11H23NO2. The van der Waals surface area contributed by atoms with Crippen molar-refractivity contribution in [2.45, 2.75) is 53.2 Å². The van der Waals surface area contributed by atoms with E-state index in [1.165, 1.54) is 0 Å². The normalized spacial score (nSPS) is 13.4. The van der Waals surface area contributed by atoms with E-state index in [0.29, 0.717) is 6.42 Å². The van der Waals surface area contributed by atoms with E-state index >= 15 is 0 Å². The van der Waals surface area contributed by atoms with E-state index in [1.807, 2.05) is 13.8 Å². The molecule has 84 valence electrons. The molecule has 0 bridgehead atoms. The Morgan fingerprint density at radius 2 is 1.71 bits per heavy atom. The van der Waals surface area contributed by atoms with E-state index in [4.69, 9.17) is 4.74 Å². The first-order valence-electron chi connectivity index (χ1n) is 5.44. The number of hydrogen-bond acceptors (Lipinski definition) is 3. The van der Waals surface area contributed by atoms with Gasteiger partial charge in [-0.25, -0.2) is 0 Å². The summed E-state index contributed by atoms with van der Waals surface area (Å²) in [5.74, 6) is -0.0978. The lowest BCUT2D eigenvalue weighted by Gasteiger charge is -2.25. The molecule has 0 radical (unpaired) electrons. The first-order chi connectivity index (χ1) is 6.51. The van der Waals surface area contributed by atoms with Gasteiger partial charge in [0.05, 0.1) is 12.5 Å². The maximum absolute atomic E-state index is 11.4. The molecule has 0 fully saturated rings. The van der Waals surface area contributed by atoms with Crippen molar-refractivity contribution in [2.75, 3.05) is 13.1 Å². The minimum atomic E-state index is -0.0978. The largest absolute Gasteiger partial charge is 0.463 e. The summed E-state index contributed by atoms with van der Waals surface area (Å²) in [4.78, 5) is 13.6. The molecule has 3 heteroatoms. The van der Waals surface area contributed by atoms with Crippen molar-refractivity contribution in [1.82, 2.24) is 4.90 Å². The minimum absolute atomic E-state index is 0.00796. The highest BCUT2D eigenvalue weighted by atomic mass is 16.5. The van der Waals surface area contributed by atoms with Gasteiger partial charge in [0.15, 0.2) is 0 Å². The lowest BCUT2D eigenvalue weighted by molar-refractivity contribution is -0.148. The Balaban J connectivity index is 3.91. The molecule has 0 saturated heterocycles. The number of esters is 1. The maximum Gasteiger partial charge on any atom is 0.307 e. The van der Waals surface area contributed by atoms with E-state index < -0.39 is 0 Å². The van der Waals surface area contributed by atoms with Crippen LogP contribution in [0.25, 0.3) is 0 Å². The van der Waals surface area contributed by atoms with Gasteiger partial charge in [-0.05, 0) is 33.9 Å². The number of carbonyl (C=O) groups is 1. The summed E-state index contributed by atoms with van der Waals surface area (Å²) in [7, 11) is 0. The molecule has 0 aliphatic rings. The number of carbonyl (C=O) groups excluding carboxylic acids is 1. The zero-order valence-electron chi connectivity index (χ0n) is 10.0. The summed E-state index contributed by atoms with van der Waals surface area (Å²) >= 11 is 0. The van der Waals surface area contributed by atoms with E-state index in [-0.39, 0.29) is 18.1 Å². The molecule has 0 heterocycles. The van der Waals surface area contributed by atoms with Gasteiger partial charge in [-0.2, -0.15) is 0 Å². The topological polar surface area (TPSA) is 29.5 Å². The molecule has 0 spiro atoms. The minimum Gasteiger partial charge on any atom is -0.463 e. The second-order valence-corrected chi connectivity index (χ2v) is 3.81. The highest BCUT2D eigenvalue weighted by molar-refractivity contribution is 5.70. The average molecular weight is 201 g/mol. The van der Waals surface area contributed by atoms with Crippen LogP contribution in [0.2, 0.25) is 0 Å². The predicted molar refractivity (Wildman–Crippen MR) is 58.2 cm³/mol. The van der Waals surface area contributed by atoms with Gasteiger partial charge < -0.3 is 9.64 Å². The number of hydrogen-bond donors (Lipinski definition) is 0. The summed E-state index contributed by atoms with van der Waals surface area (Å²) in [6.45, 7) is 12.0. The molecule has 0 amide bonds. The zero-order valence-corrected chi connectivity index (χ0v) is 10.0. The molecule has 1 unspecified atom stereocenters. The van der Waals surface area contributed by atoms with Crippen molar-refractivity contribution in [1.29, 1.82) is 0 Å². The highest BCUT2D eigenvalue weighted by Crippen LogP contribution is 2.05. The molecule has 14 heavy (non-hydrogen) atoms. The molecule has 0 aromatic heterocycles. The monoisotopic (exact) mass is 201 g/mol. The first-order valence-corrected chi connectivity index (χ1v) is 5.44. The van der Waals surface area contributed by atoms with E-state index in [1.54, 1.807) is 0 Å². The zero-order chi connectivity index (χ0) is 11.1. The van der Waals surface area contributed by atoms with Crippen LogP contribution in [0.15, 0.2) is 0 Å². The van der Waals surface area contributed by atoms with Gasteiger partial charge >= 0.3 is 5.97 Å². The van der Waals surface area contributed by atoms with Crippen LogP contribution < -0.4 is 0 Å². The van der Waals surface area contributed by atoms with Crippen molar-refractivity contribution in [3.63, 3.8) is 0 Å². The second kappa shape index (κ2) is 6.82. The Morgan fingerprint density at radius 1 is 1.21 bits per heavy atom. The van der Waals surface area contributed by atoms with Crippen molar-refractivity contribution in [3.05, 3.63) is 0 Å². The SMILES string of the molecule is CCN(CC)C(C)CC(=O)OC(C)C. The second-order valence-electron chi connectivity index (χ2n) is 3.81. The Kier molecular flexibility index (Phi) is 6.54. The van der Waals surface area contributed by atoms with Gasteiger partial charge in [-0.1, -0.05) is 13.8 Å². The van der Waals surface area contributed by atoms with Gasteiger partial charge in [0.2, 0.25) is 0 Å². The van der Waals surface area contributed by atoms with Crippen LogP contribution in [-0.4, -0.2) is 36.1 Å². The smallest absolute Gasteiger partial charge is 0.307 e. The summed E-state index contributed by atoms with van der Waals surface area (Å²) in [6.07, 6.45) is 0.478. The number of rotatable bonds is 6. The third-order valence-electron chi connectivity index (χ3n) is 2.26. The molecule has 0 aromatic rings. The summed E-state index contributed by atoms with van der Waals surface area (Å²) in [5.41, 5.74) is 0. The Labute approximate surface area is 87.4 Å². The van der Waals surface area contributed by atoms with Crippen molar-refractivity contribution >= 4 is 5.97 Å². The Hall–Kier alpha value is -0.570. The lowest BCUT2D eigenvalue weighted by Crippen LogP contribution is -2.35. The molecule has 3 nitrogen and oxygen atoms in total. The van der Waals surface area contributed by atoms with Crippen LogP contribution in [-0.2, 0) is 9.53 Å². The van der Waals surface area contributed by atoms with E-state index in [2.05, 4.69) is 25.7 Å². The van der Waals surface area contributed by atoms with Crippen LogP contribution in [0, 0.1) is 0 Å². The van der Waals surface area contributed by atoms with Gasteiger partial charge in [-0.15, -0.1) is 0 Å². The quantitative estimate of drug-likeness (QED) is 0.616. The van der Waals surface area contributed by atoms with E-state index in [9.17, 15) is 4.79 Å². The summed E-state index contributed by atoms with van der Waals surface area (Å²) < 4.78 is 5.09. The van der Waals surface area contributed by atoms with Crippen LogP contribution >= 0.6 is 0 Å². The van der Waals surface area contributed by atoms with Crippen LogP contribution in [0.4, 0.5) is 0 Å². The van der Waals surface area contributed by atoms with E-state index in [0.717, 1.165) is 13.1 Å². The fraction of sp³-hybridized carbons (Fsp3) is 0.909. The third kappa shape index (κ3) is 5.22. The maximum atomic E-state index is 11.4. The number of nitrogens with zero attached hydrogens (tertiary/aromatic N) is 1. The fourth-order valence-electron chi connectivity index (χ4n) is 1.53. The average Bonchev–Trinajstić information content (AvgIpc) is 2.04. The standard InChI is InChI=1S/C11H23NO2/c1-6-12(7-2)10(5)8-11(13)14-9(3)4/h9-10H,6-8H2,1-5H3. The molecular weight excluding hydrogens is 178 g/mol. The molecule has 0 saturated carbocycles. The third-order valence-corrected chi connectivity index (χ3v) is 2.26. The Bertz CT molecular complexity index is 165. The molecule has 0 aromatic carbocycles. The van der Waals surface area contributed by atoms with Gasteiger partial charge in [-0.3, -0.25) is 4.79 Å². The van der Waals surface area contributed by atoms with Crippen LogP contribution in [0.5, 0.6) is 0 Å². The molecule has 1 atom stereocenters. The molecule has 0 N–H and O–H groups in total. The van der Waals surface area contributed by atoms with Crippen LogP contribution in [0.1, 0.15) is 41.0 Å². The van der Waals surface area contributed by atoms with Gasteiger partial charge in [0.1, 0.15) is 0 Å². The summed E-state index contributed by atoms with van der Waals surface area (Å²) in [5, 5.41) is 0. The highest BCUT2D eigenvalue weighted by Gasteiger charge is 2.15. The van der Waals surface area contributed by atoms with Crippen molar-refractivity contribution in [2.24, 2.45) is 0 Å². The molecule has 0 rings (SSSR count). The number of ether oxygens (including phenoxy) is 1. The first kappa shape index (κ1) is 13.4. The Morgan fingerprint density at radius 3 is 2.07 bits per heavy atom. The van der Waals surface area contributed by atoms with Crippen molar-refractivity contribution < 1.29 is 9.53 Å².